The summed E-state index contributed by atoms with van der Waals surface area (Å²) in [6.45, 7) is 4.32. The average Bonchev–Trinajstić information content (AvgIpc) is 2.58. The van der Waals surface area contributed by atoms with Crippen molar-refractivity contribution in [3.05, 3.63) is 0 Å². The van der Waals surface area contributed by atoms with Gasteiger partial charge in [-0.05, 0) is 19.3 Å². The van der Waals surface area contributed by atoms with Crippen molar-refractivity contribution in [2.24, 2.45) is 5.41 Å². The maximum absolute atomic E-state index is 11.6. The van der Waals surface area contributed by atoms with Crippen LogP contribution in [-0.4, -0.2) is 23.7 Å². The van der Waals surface area contributed by atoms with E-state index in [1.807, 2.05) is 0 Å². The van der Waals surface area contributed by atoms with E-state index in [-0.39, 0.29) is 24.0 Å². The molecular formula is C12H23NO2. The van der Waals surface area contributed by atoms with Crippen molar-refractivity contribution in [3.63, 3.8) is 0 Å². The summed E-state index contributed by atoms with van der Waals surface area (Å²) in [6, 6.07) is 0.173. The minimum Gasteiger partial charge on any atom is -0.396 e. The lowest BCUT2D eigenvalue weighted by molar-refractivity contribution is -0.122. The van der Waals surface area contributed by atoms with Crippen molar-refractivity contribution in [2.75, 3.05) is 6.61 Å². The van der Waals surface area contributed by atoms with Crippen molar-refractivity contribution in [1.29, 1.82) is 0 Å². The first-order chi connectivity index (χ1) is 7.12. The topological polar surface area (TPSA) is 49.3 Å². The number of nitrogens with one attached hydrogen (secondary N) is 1. The molecule has 0 spiro atoms. The fraction of sp³-hybridized carbons (Fsp3) is 0.917. The molecule has 3 nitrogen and oxygen atoms in total. The van der Waals surface area contributed by atoms with E-state index in [1.54, 1.807) is 0 Å². The predicted octanol–water partition coefficient (Wildman–Crippen LogP) is 1.84. The Kier molecular flexibility index (Phi) is 4.58. The lowest BCUT2D eigenvalue weighted by Crippen LogP contribution is -2.44. The maximum Gasteiger partial charge on any atom is 0.220 e. The van der Waals surface area contributed by atoms with Crippen LogP contribution in [0.25, 0.3) is 0 Å². The third-order valence-corrected chi connectivity index (χ3v) is 3.54. The van der Waals surface area contributed by atoms with Gasteiger partial charge >= 0.3 is 0 Å². The molecule has 1 fully saturated rings. The Hall–Kier alpha value is -0.570. The maximum atomic E-state index is 11.6. The molecule has 2 unspecified atom stereocenters. The van der Waals surface area contributed by atoms with Crippen molar-refractivity contribution < 1.29 is 9.90 Å². The zero-order valence-electron chi connectivity index (χ0n) is 9.88. The number of amides is 1. The summed E-state index contributed by atoms with van der Waals surface area (Å²) in [5, 5.41) is 12.4. The van der Waals surface area contributed by atoms with Gasteiger partial charge in [-0.2, -0.15) is 0 Å². The average molecular weight is 213 g/mol. The number of hydrogen-bond donors (Lipinski definition) is 2. The SMILES string of the molecule is CCCCC(=O)NC1CCCC1(C)CO. The molecule has 0 aromatic carbocycles. The molecule has 1 rings (SSSR count). The van der Waals surface area contributed by atoms with Crippen LogP contribution in [0.3, 0.4) is 0 Å². The summed E-state index contributed by atoms with van der Waals surface area (Å²) in [5.41, 5.74) is -0.0954. The third kappa shape index (κ3) is 3.20. The van der Waals surface area contributed by atoms with Crippen molar-refractivity contribution in [1.82, 2.24) is 5.32 Å². The molecule has 0 aliphatic heterocycles. The molecular weight excluding hydrogens is 190 g/mol. The molecule has 1 saturated carbocycles. The van der Waals surface area contributed by atoms with E-state index in [1.165, 1.54) is 0 Å². The highest BCUT2D eigenvalue weighted by Crippen LogP contribution is 2.37. The molecule has 0 aromatic rings. The highest BCUT2D eigenvalue weighted by atomic mass is 16.3. The van der Waals surface area contributed by atoms with Crippen LogP contribution >= 0.6 is 0 Å². The molecule has 1 aliphatic carbocycles. The number of hydrogen-bond acceptors (Lipinski definition) is 2. The van der Waals surface area contributed by atoms with Gasteiger partial charge in [0.25, 0.3) is 0 Å². The van der Waals surface area contributed by atoms with Gasteiger partial charge in [-0.3, -0.25) is 4.79 Å². The van der Waals surface area contributed by atoms with Crippen LogP contribution < -0.4 is 5.32 Å². The minimum absolute atomic E-state index is 0.0954. The predicted molar refractivity (Wildman–Crippen MR) is 60.5 cm³/mol. The number of aliphatic hydroxyl groups is 1. The van der Waals surface area contributed by atoms with Gasteiger partial charge in [0.05, 0.1) is 6.61 Å². The smallest absolute Gasteiger partial charge is 0.220 e. The van der Waals surface area contributed by atoms with Crippen LogP contribution in [0.2, 0.25) is 0 Å². The second kappa shape index (κ2) is 5.50. The highest BCUT2D eigenvalue weighted by Gasteiger charge is 2.38. The standard InChI is InChI=1S/C12H23NO2/c1-3-4-7-11(15)13-10-6-5-8-12(10,2)9-14/h10,14H,3-9H2,1-2H3,(H,13,15). The third-order valence-electron chi connectivity index (χ3n) is 3.54. The van der Waals surface area contributed by atoms with E-state index < -0.39 is 0 Å². The molecule has 0 heterocycles. The Balaban J connectivity index is 2.40. The monoisotopic (exact) mass is 213 g/mol. The zero-order valence-corrected chi connectivity index (χ0v) is 9.88. The van der Waals surface area contributed by atoms with Crippen LogP contribution in [0.5, 0.6) is 0 Å². The zero-order chi connectivity index (χ0) is 11.3. The van der Waals surface area contributed by atoms with Crippen LogP contribution in [0.1, 0.15) is 52.4 Å². The van der Waals surface area contributed by atoms with Gasteiger partial charge in [-0.1, -0.05) is 26.7 Å². The minimum atomic E-state index is -0.0954. The van der Waals surface area contributed by atoms with Crippen LogP contribution in [0.4, 0.5) is 0 Å². The Morgan fingerprint density at radius 3 is 2.93 bits per heavy atom. The fourth-order valence-electron chi connectivity index (χ4n) is 2.27. The summed E-state index contributed by atoms with van der Waals surface area (Å²) >= 11 is 0. The number of rotatable bonds is 5. The Labute approximate surface area is 92.3 Å². The molecule has 0 bridgehead atoms. The molecule has 0 saturated heterocycles. The molecule has 3 heteroatoms. The molecule has 1 aliphatic rings. The van der Waals surface area contributed by atoms with Gasteiger partial charge in [0.15, 0.2) is 0 Å². The van der Waals surface area contributed by atoms with Crippen LogP contribution in [0.15, 0.2) is 0 Å². The molecule has 0 radical (unpaired) electrons. The molecule has 1 amide bonds. The summed E-state index contributed by atoms with van der Waals surface area (Å²) in [6.07, 6.45) is 5.76. The largest absolute Gasteiger partial charge is 0.396 e. The van der Waals surface area contributed by atoms with E-state index in [0.717, 1.165) is 32.1 Å². The Morgan fingerprint density at radius 2 is 2.33 bits per heavy atom. The summed E-state index contributed by atoms with van der Waals surface area (Å²) < 4.78 is 0. The lowest BCUT2D eigenvalue weighted by atomic mass is 9.86. The Bertz CT molecular complexity index is 218. The van der Waals surface area contributed by atoms with E-state index in [4.69, 9.17) is 0 Å². The molecule has 88 valence electrons. The van der Waals surface area contributed by atoms with Crippen molar-refractivity contribution in [3.8, 4) is 0 Å². The van der Waals surface area contributed by atoms with Gasteiger partial charge in [0.2, 0.25) is 5.91 Å². The van der Waals surface area contributed by atoms with E-state index >= 15 is 0 Å². The second-order valence-electron chi connectivity index (χ2n) is 4.93. The van der Waals surface area contributed by atoms with E-state index in [2.05, 4.69) is 19.2 Å². The first-order valence-corrected chi connectivity index (χ1v) is 6.02. The summed E-state index contributed by atoms with van der Waals surface area (Å²) in [7, 11) is 0. The fourth-order valence-corrected chi connectivity index (χ4v) is 2.27. The van der Waals surface area contributed by atoms with E-state index in [9.17, 15) is 9.90 Å². The summed E-state index contributed by atoms with van der Waals surface area (Å²) in [5.74, 6) is 0.142. The van der Waals surface area contributed by atoms with Crippen molar-refractivity contribution in [2.45, 2.75) is 58.4 Å². The number of aliphatic hydroxyl groups excluding tert-OH is 1. The quantitative estimate of drug-likeness (QED) is 0.732. The van der Waals surface area contributed by atoms with Gasteiger partial charge in [-0.25, -0.2) is 0 Å². The van der Waals surface area contributed by atoms with Gasteiger partial charge in [0.1, 0.15) is 0 Å². The lowest BCUT2D eigenvalue weighted by Gasteiger charge is -2.30. The normalized spacial score (nSPS) is 30.5. The second-order valence-corrected chi connectivity index (χ2v) is 4.93. The molecule has 2 N–H and O–H groups in total. The number of carbonyl (C=O) groups is 1. The van der Waals surface area contributed by atoms with Crippen LogP contribution in [0, 0.1) is 5.41 Å². The summed E-state index contributed by atoms with van der Waals surface area (Å²) in [4.78, 5) is 11.6. The number of unbranched alkanes of at least 4 members (excludes halogenated alkanes) is 1. The highest BCUT2D eigenvalue weighted by molar-refractivity contribution is 5.76. The van der Waals surface area contributed by atoms with Gasteiger partial charge in [-0.15, -0.1) is 0 Å². The molecule has 2 atom stereocenters. The van der Waals surface area contributed by atoms with Crippen molar-refractivity contribution >= 4 is 5.91 Å². The first kappa shape index (κ1) is 12.5. The first-order valence-electron chi connectivity index (χ1n) is 6.02. The van der Waals surface area contributed by atoms with E-state index in [0.29, 0.717) is 6.42 Å². The van der Waals surface area contributed by atoms with Gasteiger partial charge in [0, 0.05) is 17.9 Å². The van der Waals surface area contributed by atoms with Crippen LogP contribution in [-0.2, 0) is 4.79 Å². The number of carbonyl (C=O) groups excluding carboxylic acids is 1. The molecule has 0 aromatic heterocycles. The molecule has 15 heavy (non-hydrogen) atoms. The van der Waals surface area contributed by atoms with Gasteiger partial charge < -0.3 is 10.4 Å². The Morgan fingerprint density at radius 1 is 1.60 bits per heavy atom.